The number of hydrogen-bond acceptors (Lipinski definition) is 8. The Labute approximate surface area is 200 Å². The molecule has 1 aliphatic rings. The molecule has 0 bridgehead atoms. The summed E-state index contributed by atoms with van der Waals surface area (Å²) in [5.74, 6) is -0.471. The summed E-state index contributed by atoms with van der Waals surface area (Å²) in [6.07, 6.45) is -1.99. The van der Waals surface area contributed by atoms with E-state index in [-0.39, 0.29) is 30.9 Å². The number of halogens is 1. The van der Waals surface area contributed by atoms with E-state index in [1.165, 1.54) is 17.0 Å². The van der Waals surface area contributed by atoms with E-state index in [1.807, 2.05) is 0 Å². The van der Waals surface area contributed by atoms with Gasteiger partial charge in [-0.15, -0.1) is 0 Å². The third-order valence-electron chi connectivity index (χ3n) is 4.59. The number of imide groups is 1. The van der Waals surface area contributed by atoms with Crippen molar-refractivity contribution in [3.8, 4) is 0 Å². The van der Waals surface area contributed by atoms with Crippen molar-refractivity contribution in [2.45, 2.75) is 65.8 Å². The number of carbonyl (C=O) groups excluding carboxylic acids is 3. The number of ether oxygens (including phenoxy) is 2. The Kier molecular flexibility index (Phi) is 6.74. The Morgan fingerprint density at radius 1 is 1.06 bits per heavy atom. The van der Waals surface area contributed by atoms with E-state index in [0.29, 0.717) is 15.5 Å². The van der Waals surface area contributed by atoms with Crippen LogP contribution < -0.4 is 10.6 Å². The predicted octanol–water partition coefficient (Wildman–Crippen LogP) is 2.95. The van der Waals surface area contributed by atoms with Crippen molar-refractivity contribution in [3.63, 3.8) is 0 Å². The fourth-order valence-corrected chi connectivity index (χ4v) is 3.47. The van der Waals surface area contributed by atoms with Crippen LogP contribution in [0.15, 0.2) is 16.9 Å². The number of tetrazole rings is 1. The highest BCUT2D eigenvalue weighted by molar-refractivity contribution is 6.32. The maximum atomic E-state index is 13.3. The van der Waals surface area contributed by atoms with Gasteiger partial charge in [-0.05, 0) is 64.1 Å². The van der Waals surface area contributed by atoms with E-state index < -0.39 is 35.0 Å². The quantitative estimate of drug-likeness (QED) is 0.684. The van der Waals surface area contributed by atoms with Gasteiger partial charge in [0, 0.05) is 23.7 Å². The number of carbonyl (C=O) groups is 3. The number of benzene rings is 1. The topological polar surface area (TPSA) is 140 Å². The molecule has 0 spiro atoms. The molecule has 3 rings (SSSR count). The predicted molar refractivity (Wildman–Crippen MR) is 122 cm³/mol. The van der Waals surface area contributed by atoms with Crippen molar-refractivity contribution < 1.29 is 23.9 Å². The van der Waals surface area contributed by atoms with Gasteiger partial charge < -0.3 is 14.4 Å². The van der Waals surface area contributed by atoms with E-state index >= 15 is 0 Å². The number of nitrogens with one attached hydrogen (secondary N) is 1. The standard InChI is InChI=1S/C21H27ClN6O6/c1-20(2,3)33-18(31)28(19(32)34-21(4,5)6)14-8-7-13(22)12-11-26(16(29)15(12)14)9-10-27-17(30)23-24-25-27/h7-8H,9-11H2,1-6H3,(H,23,25,30). The fourth-order valence-electron chi connectivity index (χ4n) is 3.26. The summed E-state index contributed by atoms with van der Waals surface area (Å²) in [4.78, 5) is 53.3. The molecule has 1 aromatic heterocycles. The largest absolute Gasteiger partial charge is 0.443 e. The van der Waals surface area contributed by atoms with E-state index in [1.54, 1.807) is 41.5 Å². The summed E-state index contributed by atoms with van der Waals surface area (Å²) in [6, 6.07) is 2.90. The van der Waals surface area contributed by atoms with Crippen LogP contribution in [0.5, 0.6) is 0 Å². The van der Waals surface area contributed by atoms with Crippen molar-refractivity contribution in [1.29, 1.82) is 0 Å². The fraction of sp³-hybridized carbons (Fsp3) is 0.524. The van der Waals surface area contributed by atoms with Crippen molar-refractivity contribution in [3.05, 3.63) is 38.8 Å². The van der Waals surface area contributed by atoms with Crippen LogP contribution in [0.4, 0.5) is 15.3 Å². The normalized spacial score (nSPS) is 13.6. The number of anilines is 1. The lowest BCUT2D eigenvalue weighted by Crippen LogP contribution is -2.44. The number of amides is 3. The molecule has 0 saturated carbocycles. The van der Waals surface area contributed by atoms with Crippen molar-refractivity contribution in [2.24, 2.45) is 0 Å². The average molecular weight is 495 g/mol. The lowest BCUT2D eigenvalue weighted by atomic mass is 10.1. The molecule has 0 unspecified atom stereocenters. The van der Waals surface area contributed by atoms with Gasteiger partial charge in [0.2, 0.25) is 0 Å². The Morgan fingerprint density at radius 3 is 2.15 bits per heavy atom. The van der Waals surface area contributed by atoms with Crippen LogP contribution in [-0.4, -0.2) is 60.9 Å². The molecule has 0 saturated heterocycles. The van der Waals surface area contributed by atoms with Gasteiger partial charge in [0.15, 0.2) is 0 Å². The van der Waals surface area contributed by atoms with Crippen LogP contribution in [0.3, 0.4) is 0 Å². The Balaban J connectivity index is 1.99. The molecule has 1 N–H and O–H groups in total. The molecular formula is C21H27ClN6O6. The summed E-state index contributed by atoms with van der Waals surface area (Å²) in [5.41, 5.74) is -1.81. The van der Waals surface area contributed by atoms with Crippen molar-refractivity contribution in [2.75, 3.05) is 11.4 Å². The zero-order valence-electron chi connectivity index (χ0n) is 19.8. The van der Waals surface area contributed by atoms with Gasteiger partial charge in [-0.25, -0.2) is 19.5 Å². The first-order chi connectivity index (χ1) is 15.7. The molecule has 0 fully saturated rings. The minimum atomic E-state index is -0.994. The molecule has 2 aromatic rings. The highest BCUT2D eigenvalue weighted by atomic mass is 35.5. The summed E-state index contributed by atoms with van der Waals surface area (Å²) in [7, 11) is 0. The zero-order chi connectivity index (χ0) is 25.4. The molecule has 34 heavy (non-hydrogen) atoms. The first-order valence-electron chi connectivity index (χ1n) is 10.5. The number of aromatic nitrogens is 4. The first kappa shape index (κ1) is 25.2. The number of fused-ring (bicyclic) bond motifs is 1. The maximum absolute atomic E-state index is 13.3. The number of nitrogens with zero attached hydrogens (tertiary/aromatic N) is 5. The summed E-state index contributed by atoms with van der Waals surface area (Å²) in [5, 5.41) is 9.52. The van der Waals surface area contributed by atoms with Gasteiger partial charge in [0.25, 0.3) is 5.91 Å². The lowest BCUT2D eigenvalue weighted by molar-refractivity contribution is 0.0430. The molecule has 0 aliphatic carbocycles. The van der Waals surface area contributed by atoms with E-state index in [9.17, 15) is 19.2 Å². The SMILES string of the molecule is CC(C)(C)OC(=O)N(C(=O)OC(C)(C)C)c1ccc(Cl)c2c1C(=O)N(CCn1nn[nH]c1=O)C2. The van der Waals surface area contributed by atoms with Crippen LogP contribution in [0, 0.1) is 0 Å². The van der Waals surface area contributed by atoms with Crippen molar-refractivity contribution in [1.82, 2.24) is 25.1 Å². The molecule has 2 heterocycles. The third kappa shape index (κ3) is 5.56. The highest BCUT2D eigenvalue weighted by Crippen LogP contribution is 2.37. The molecule has 184 valence electrons. The Hall–Kier alpha value is -3.41. The van der Waals surface area contributed by atoms with Crippen LogP contribution >= 0.6 is 11.6 Å². The second-order valence-electron chi connectivity index (χ2n) is 9.67. The molecule has 0 radical (unpaired) electrons. The number of hydrogen-bond donors (Lipinski definition) is 1. The van der Waals surface area contributed by atoms with Crippen LogP contribution in [0.2, 0.25) is 5.02 Å². The zero-order valence-corrected chi connectivity index (χ0v) is 20.6. The molecule has 3 amide bonds. The van der Waals surface area contributed by atoms with Gasteiger partial charge in [0.1, 0.15) is 11.2 Å². The molecule has 12 nitrogen and oxygen atoms in total. The second-order valence-corrected chi connectivity index (χ2v) is 10.1. The second kappa shape index (κ2) is 9.09. The Morgan fingerprint density at radius 2 is 1.65 bits per heavy atom. The minimum absolute atomic E-state index is 0.00555. The summed E-state index contributed by atoms with van der Waals surface area (Å²) < 4.78 is 11.9. The molecule has 1 aliphatic heterocycles. The van der Waals surface area contributed by atoms with Gasteiger partial charge >= 0.3 is 17.9 Å². The van der Waals surface area contributed by atoms with Gasteiger partial charge in [-0.2, -0.15) is 9.58 Å². The van der Waals surface area contributed by atoms with Crippen molar-refractivity contribution >= 4 is 35.4 Å². The number of aromatic amines is 1. The van der Waals surface area contributed by atoms with Crippen LogP contribution in [-0.2, 0) is 22.6 Å². The van der Waals surface area contributed by atoms with Gasteiger partial charge in [0.05, 0.1) is 17.8 Å². The minimum Gasteiger partial charge on any atom is -0.443 e. The summed E-state index contributed by atoms with van der Waals surface area (Å²) >= 11 is 6.36. The molecular weight excluding hydrogens is 468 g/mol. The van der Waals surface area contributed by atoms with Gasteiger partial charge in [-0.3, -0.25) is 4.79 Å². The van der Waals surface area contributed by atoms with E-state index in [2.05, 4.69) is 15.5 Å². The third-order valence-corrected chi connectivity index (χ3v) is 4.95. The first-order valence-corrected chi connectivity index (χ1v) is 10.9. The molecule has 13 heteroatoms. The monoisotopic (exact) mass is 494 g/mol. The highest BCUT2D eigenvalue weighted by Gasteiger charge is 2.39. The Bertz CT molecular complexity index is 1150. The van der Waals surface area contributed by atoms with E-state index in [4.69, 9.17) is 21.1 Å². The average Bonchev–Trinajstić information content (AvgIpc) is 3.23. The summed E-state index contributed by atoms with van der Waals surface area (Å²) in [6.45, 7) is 10.3. The molecule has 1 aromatic carbocycles. The van der Waals surface area contributed by atoms with Gasteiger partial charge in [-0.1, -0.05) is 11.6 Å². The number of H-pyrrole nitrogens is 1. The molecule has 0 atom stereocenters. The van der Waals surface area contributed by atoms with Crippen LogP contribution in [0.1, 0.15) is 57.5 Å². The van der Waals surface area contributed by atoms with Crippen LogP contribution in [0.25, 0.3) is 0 Å². The number of rotatable bonds is 4. The lowest BCUT2D eigenvalue weighted by Gasteiger charge is -2.29. The van der Waals surface area contributed by atoms with E-state index in [0.717, 1.165) is 4.68 Å². The maximum Gasteiger partial charge on any atom is 0.424 e. The smallest absolute Gasteiger partial charge is 0.424 e.